The van der Waals surface area contributed by atoms with Gasteiger partial charge in [-0.05, 0) is 107 Å². The lowest BCUT2D eigenvalue weighted by Gasteiger charge is -2.58. The van der Waals surface area contributed by atoms with Gasteiger partial charge < -0.3 is 37.0 Å². The molecule has 0 unspecified atom stereocenters. The van der Waals surface area contributed by atoms with E-state index in [1.54, 1.807) is 7.11 Å². The van der Waals surface area contributed by atoms with E-state index in [2.05, 4.69) is 132 Å². The Morgan fingerprint density at radius 1 is 0.811 bits per heavy atom. The van der Waals surface area contributed by atoms with Crippen molar-refractivity contribution in [3.8, 4) is 5.75 Å². The van der Waals surface area contributed by atoms with Crippen LogP contribution in [0.2, 0.25) is 55.9 Å². The molecule has 4 rings (SSSR count). The lowest BCUT2D eigenvalue weighted by Crippen LogP contribution is -2.67. The average molecular weight is 793 g/mol. The zero-order valence-electron chi connectivity index (χ0n) is 36.6. The normalized spacial score (nSPS) is 32.9. The fourth-order valence-electron chi connectivity index (χ4n) is 7.57. The lowest BCUT2D eigenvalue weighted by molar-refractivity contribution is -0.304. The van der Waals surface area contributed by atoms with Crippen LogP contribution in [0.5, 0.6) is 5.75 Å². The minimum atomic E-state index is -2.20. The van der Waals surface area contributed by atoms with Gasteiger partial charge in [-0.15, -0.1) is 0 Å². The maximum absolute atomic E-state index is 7.27. The molecule has 3 heterocycles. The van der Waals surface area contributed by atoms with E-state index in [0.717, 1.165) is 37.0 Å². The zero-order chi connectivity index (χ0) is 39.9. The van der Waals surface area contributed by atoms with Crippen molar-refractivity contribution in [2.75, 3.05) is 20.3 Å². The summed E-state index contributed by atoms with van der Waals surface area (Å²) in [5, 5.41) is 0.121. The number of ether oxygens (including phenoxy) is 5. The predicted octanol–water partition coefficient (Wildman–Crippen LogP) is 10.4. The summed E-state index contributed by atoms with van der Waals surface area (Å²) in [4.78, 5) is 0. The Bertz CT molecular complexity index is 1380. The summed E-state index contributed by atoms with van der Waals surface area (Å²) >= 11 is 0. The summed E-state index contributed by atoms with van der Waals surface area (Å²) in [6.07, 6.45) is 6.67. The second-order valence-electron chi connectivity index (χ2n) is 20.6. The number of methoxy groups -OCH3 is 1. The largest absolute Gasteiger partial charge is 0.497 e. The van der Waals surface area contributed by atoms with Crippen LogP contribution in [0.1, 0.15) is 93.6 Å². The molecule has 0 N–H and O–H groups in total. The van der Waals surface area contributed by atoms with Crippen LogP contribution in [0.4, 0.5) is 0 Å². The molecular weight excluding hydrogens is 717 g/mol. The second-order valence-corrected chi connectivity index (χ2v) is 34.6. The number of fused-ring (bicyclic) bond motifs is 2. The minimum absolute atomic E-state index is 0.0388. The van der Waals surface area contributed by atoms with Gasteiger partial charge in [-0.2, -0.15) is 0 Å². The number of benzene rings is 1. The molecule has 0 aliphatic carbocycles. The first-order valence-electron chi connectivity index (χ1n) is 20.1. The van der Waals surface area contributed by atoms with Gasteiger partial charge in [0, 0.05) is 19.4 Å². The summed E-state index contributed by atoms with van der Waals surface area (Å²) in [6, 6.07) is 8.05. The summed E-state index contributed by atoms with van der Waals surface area (Å²) in [7, 11) is -4.52. The maximum atomic E-state index is 7.27. The highest BCUT2D eigenvalue weighted by molar-refractivity contribution is 6.74. The molecule has 0 amide bonds. The molecule has 0 spiro atoms. The van der Waals surface area contributed by atoms with Crippen LogP contribution in [0, 0.1) is 0 Å². The van der Waals surface area contributed by atoms with Crippen LogP contribution in [-0.4, -0.2) is 92.6 Å². The van der Waals surface area contributed by atoms with Crippen LogP contribution in [-0.2, 0) is 38.8 Å². The zero-order valence-corrected chi connectivity index (χ0v) is 39.6. The van der Waals surface area contributed by atoms with Gasteiger partial charge in [0.2, 0.25) is 0 Å². The first kappa shape index (κ1) is 44.8. The Balaban J connectivity index is 1.55. The van der Waals surface area contributed by atoms with Crippen molar-refractivity contribution in [2.45, 2.75) is 198 Å². The van der Waals surface area contributed by atoms with Crippen LogP contribution < -0.4 is 4.74 Å². The molecule has 8 nitrogen and oxygen atoms in total. The van der Waals surface area contributed by atoms with Gasteiger partial charge in [-0.3, -0.25) is 0 Å². The Morgan fingerprint density at radius 3 is 2.00 bits per heavy atom. The van der Waals surface area contributed by atoms with E-state index in [4.69, 9.17) is 37.0 Å². The molecule has 0 saturated carbocycles. The van der Waals surface area contributed by atoms with E-state index in [9.17, 15) is 0 Å². The van der Waals surface area contributed by atoms with E-state index in [0.29, 0.717) is 19.8 Å². The molecule has 2 saturated heterocycles. The SMILES string of the molecule is COc1ccc(COCCC[C@@H]2O[C@@H]3C[C@@H]4O[C@H](CO[Si](C)(C)C(C)(C)C)[C@@](C)(O[Si](C)(C)C(C)(C)C)C=C[C@H]4O[C@@]3(C)C[C@@]2(C)O[Si](C)(C)C)cc1. The number of rotatable bonds is 14. The van der Waals surface area contributed by atoms with Crippen LogP contribution in [0.15, 0.2) is 36.4 Å². The van der Waals surface area contributed by atoms with E-state index >= 15 is 0 Å². The Labute approximate surface area is 326 Å². The Kier molecular flexibility index (Phi) is 13.7. The van der Waals surface area contributed by atoms with Crippen molar-refractivity contribution in [1.29, 1.82) is 0 Å². The first-order chi connectivity index (χ1) is 24.1. The van der Waals surface area contributed by atoms with Crippen molar-refractivity contribution in [2.24, 2.45) is 0 Å². The highest BCUT2D eigenvalue weighted by atomic mass is 28.4. The summed E-state index contributed by atoms with van der Waals surface area (Å²) < 4.78 is 54.1. The quantitative estimate of drug-likeness (QED) is 0.105. The first-order valence-corrected chi connectivity index (χ1v) is 29.3. The molecule has 1 aromatic rings. The summed E-state index contributed by atoms with van der Waals surface area (Å²) in [6.45, 7) is 38.1. The van der Waals surface area contributed by atoms with Gasteiger partial charge in [-0.25, -0.2) is 0 Å². The van der Waals surface area contributed by atoms with Crippen molar-refractivity contribution < 1.29 is 37.0 Å². The minimum Gasteiger partial charge on any atom is -0.497 e. The highest BCUT2D eigenvalue weighted by Crippen LogP contribution is 2.50. The Hall–Kier alpha value is -0.869. The smallest absolute Gasteiger partial charge is 0.193 e. The van der Waals surface area contributed by atoms with Crippen molar-refractivity contribution in [3.05, 3.63) is 42.0 Å². The molecule has 8 atom stereocenters. The van der Waals surface area contributed by atoms with Gasteiger partial charge in [0.05, 0.1) is 49.8 Å². The third-order valence-electron chi connectivity index (χ3n) is 12.6. The van der Waals surface area contributed by atoms with Crippen LogP contribution in [0.25, 0.3) is 0 Å². The molecule has 0 radical (unpaired) electrons. The number of hydrogen-bond donors (Lipinski definition) is 0. The fourth-order valence-corrected chi connectivity index (χ4v) is 11.8. The molecule has 0 bridgehead atoms. The molecule has 53 heavy (non-hydrogen) atoms. The monoisotopic (exact) mass is 792 g/mol. The Morgan fingerprint density at radius 2 is 1.43 bits per heavy atom. The fraction of sp³-hybridized carbons (Fsp3) is 0.810. The topological polar surface area (TPSA) is 73.8 Å². The van der Waals surface area contributed by atoms with Gasteiger partial charge in [0.15, 0.2) is 25.0 Å². The lowest BCUT2D eigenvalue weighted by atomic mass is 9.74. The van der Waals surface area contributed by atoms with E-state index in [1.165, 1.54) is 0 Å². The van der Waals surface area contributed by atoms with Gasteiger partial charge in [0.25, 0.3) is 0 Å². The van der Waals surface area contributed by atoms with Crippen molar-refractivity contribution in [1.82, 2.24) is 0 Å². The van der Waals surface area contributed by atoms with Crippen molar-refractivity contribution in [3.63, 3.8) is 0 Å². The molecule has 304 valence electrons. The molecule has 11 heteroatoms. The van der Waals surface area contributed by atoms with Gasteiger partial charge >= 0.3 is 0 Å². The van der Waals surface area contributed by atoms with Crippen LogP contribution >= 0.6 is 0 Å². The van der Waals surface area contributed by atoms with E-state index in [1.807, 2.05) is 12.1 Å². The van der Waals surface area contributed by atoms with Gasteiger partial charge in [0.1, 0.15) is 23.6 Å². The summed E-state index contributed by atoms with van der Waals surface area (Å²) in [5.41, 5.74) is -0.581. The standard InChI is InChI=1S/C42H76O8Si3/c1-38(2,3)52(14,15)45-29-37-40(7,50-53(16,17)39(4,5)6)25-24-33-34(46-37)27-36-41(8,48-33)30-42(9,49-51(11,12)13)35(47-36)19-18-26-44-28-31-20-22-32(43-10)23-21-31/h20-25,33-37H,18-19,26-30H2,1-17H3/t33-,34+,35+,36-,37-,40+,41+,42-/m1/s1. The maximum Gasteiger partial charge on any atom is 0.193 e. The van der Waals surface area contributed by atoms with Gasteiger partial charge in [-0.1, -0.05) is 65.8 Å². The molecular formula is C42H76O8Si3. The van der Waals surface area contributed by atoms with Crippen molar-refractivity contribution >= 4 is 25.0 Å². The molecule has 1 aromatic carbocycles. The average Bonchev–Trinajstić information content (AvgIpc) is 3.12. The number of hydrogen-bond acceptors (Lipinski definition) is 8. The van der Waals surface area contributed by atoms with Crippen LogP contribution in [0.3, 0.4) is 0 Å². The van der Waals surface area contributed by atoms with E-state index < -0.39 is 41.8 Å². The third kappa shape index (κ3) is 11.0. The third-order valence-corrected chi connectivity index (χ3v) is 22.8. The summed E-state index contributed by atoms with van der Waals surface area (Å²) in [5.74, 6) is 0.851. The molecule has 3 aliphatic rings. The molecule has 0 aromatic heterocycles. The molecule has 3 aliphatic heterocycles. The van der Waals surface area contributed by atoms with E-state index in [-0.39, 0.29) is 40.6 Å². The predicted molar refractivity (Wildman–Crippen MR) is 224 cm³/mol. The highest BCUT2D eigenvalue weighted by Gasteiger charge is 2.59. The second kappa shape index (κ2) is 16.2. The molecule has 2 fully saturated rings.